The fourth-order valence-electron chi connectivity index (χ4n) is 3.02. The number of phenolic OH excluding ortho intramolecular Hbond substituents is 1. The molecule has 4 N–H and O–H groups in total. The van der Waals surface area contributed by atoms with E-state index in [1.54, 1.807) is 30.8 Å². The first-order valence-corrected chi connectivity index (χ1v) is 9.77. The van der Waals surface area contributed by atoms with Gasteiger partial charge < -0.3 is 5.11 Å². The monoisotopic (exact) mass is 405 g/mol. The van der Waals surface area contributed by atoms with Gasteiger partial charge in [-0.3, -0.25) is 10.2 Å². The molecule has 0 aliphatic rings. The van der Waals surface area contributed by atoms with Crippen molar-refractivity contribution in [2.24, 2.45) is 5.84 Å². The molecule has 3 aromatic carbocycles. The summed E-state index contributed by atoms with van der Waals surface area (Å²) < 4.78 is 0. The molecule has 1 aromatic heterocycles. The van der Waals surface area contributed by atoms with Crippen LogP contribution in [0.15, 0.2) is 70.5 Å². The maximum atomic E-state index is 11.6. The van der Waals surface area contributed by atoms with Crippen LogP contribution in [-0.2, 0) is 11.2 Å². The maximum absolute atomic E-state index is 11.6. The van der Waals surface area contributed by atoms with E-state index in [9.17, 15) is 9.90 Å². The minimum absolute atomic E-state index is 0.0705. The largest absolute Gasteiger partial charge is 0.505 e. The van der Waals surface area contributed by atoms with Crippen molar-refractivity contribution >= 4 is 28.7 Å². The Bertz CT molecular complexity index is 1190. The Kier molecular flexibility index (Phi) is 5.20. The summed E-state index contributed by atoms with van der Waals surface area (Å²) >= 11 is 1.64. The molecule has 0 saturated heterocycles. The minimum Gasteiger partial charge on any atom is -0.505 e. The van der Waals surface area contributed by atoms with Gasteiger partial charge in [0.15, 0.2) is 0 Å². The molecular formula is C21H19N5O2S. The third-order valence-corrected chi connectivity index (χ3v) is 5.41. The summed E-state index contributed by atoms with van der Waals surface area (Å²) in [5, 5.41) is 19.5. The molecule has 0 saturated carbocycles. The first-order valence-electron chi connectivity index (χ1n) is 8.96. The van der Waals surface area contributed by atoms with Crippen molar-refractivity contribution in [2.45, 2.75) is 23.1 Å². The fraction of sp³-hybridized carbons (Fsp3) is 0.0952. The second kappa shape index (κ2) is 7.94. The number of phenols is 1. The molecule has 0 spiro atoms. The standard InChI is InChI=1S/C21H19N5O2S/c1-13-9-14(11-20(27)23-22)10-19(21(13)28)26-24-17-8-7-16(12-18(17)25-26)29-15-5-3-2-4-6-15/h2-10,12,28H,11,22H2,1H3,(H,23,27). The van der Waals surface area contributed by atoms with Gasteiger partial charge >= 0.3 is 0 Å². The molecule has 29 heavy (non-hydrogen) atoms. The smallest absolute Gasteiger partial charge is 0.238 e. The Morgan fingerprint density at radius 2 is 1.83 bits per heavy atom. The van der Waals surface area contributed by atoms with Gasteiger partial charge in [0, 0.05) is 9.79 Å². The van der Waals surface area contributed by atoms with Crippen LogP contribution in [0.2, 0.25) is 0 Å². The molecule has 0 aliphatic heterocycles. The van der Waals surface area contributed by atoms with Gasteiger partial charge in [0.1, 0.15) is 22.5 Å². The van der Waals surface area contributed by atoms with E-state index in [0.29, 0.717) is 27.8 Å². The number of nitrogens with zero attached hydrogens (tertiary/aromatic N) is 3. The van der Waals surface area contributed by atoms with E-state index in [0.717, 1.165) is 9.79 Å². The minimum atomic E-state index is -0.317. The van der Waals surface area contributed by atoms with E-state index in [4.69, 9.17) is 5.84 Å². The summed E-state index contributed by atoms with van der Waals surface area (Å²) in [4.78, 5) is 15.2. The van der Waals surface area contributed by atoms with Crippen molar-refractivity contribution in [3.05, 3.63) is 71.8 Å². The fourth-order valence-corrected chi connectivity index (χ4v) is 3.89. The summed E-state index contributed by atoms with van der Waals surface area (Å²) in [6, 6.07) is 19.4. The average molecular weight is 405 g/mol. The predicted molar refractivity (Wildman–Crippen MR) is 112 cm³/mol. The summed E-state index contributed by atoms with van der Waals surface area (Å²) in [6.07, 6.45) is 0.100. The lowest BCUT2D eigenvalue weighted by molar-refractivity contribution is -0.120. The summed E-state index contributed by atoms with van der Waals surface area (Å²) in [5.41, 5.74) is 5.29. The van der Waals surface area contributed by atoms with Crippen LogP contribution in [0.5, 0.6) is 5.75 Å². The lowest BCUT2D eigenvalue weighted by Crippen LogP contribution is -2.31. The Morgan fingerprint density at radius 3 is 2.59 bits per heavy atom. The number of aryl methyl sites for hydroxylation is 1. The van der Waals surface area contributed by atoms with E-state index in [-0.39, 0.29) is 18.1 Å². The molecule has 0 radical (unpaired) electrons. The van der Waals surface area contributed by atoms with Crippen LogP contribution in [0, 0.1) is 6.92 Å². The average Bonchev–Trinajstić information content (AvgIpc) is 3.14. The number of carbonyl (C=O) groups excluding carboxylic acids is 1. The van der Waals surface area contributed by atoms with Gasteiger partial charge in [-0.25, -0.2) is 5.84 Å². The first-order chi connectivity index (χ1) is 14.0. The van der Waals surface area contributed by atoms with E-state index in [2.05, 4.69) is 27.8 Å². The molecule has 0 unspecified atom stereocenters. The highest BCUT2D eigenvalue weighted by Crippen LogP contribution is 2.31. The molecule has 4 aromatic rings. The van der Waals surface area contributed by atoms with Crippen molar-refractivity contribution in [2.75, 3.05) is 0 Å². The Hall–Kier alpha value is -3.36. The van der Waals surface area contributed by atoms with E-state index < -0.39 is 0 Å². The molecule has 146 valence electrons. The Labute approximate surface area is 171 Å². The van der Waals surface area contributed by atoms with Crippen molar-refractivity contribution in [1.82, 2.24) is 20.4 Å². The maximum Gasteiger partial charge on any atom is 0.238 e. The number of hydrogen-bond acceptors (Lipinski definition) is 6. The Balaban J connectivity index is 1.70. The number of hydrogen-bond donors (Lipinski definition) is 3. The lowest BCUT2D eigenvalue weighted by atomic mass is 10.1. The van der Waals surface area contributed by atoms with E-state index in [1.165, 1.54) is 4.80 Å². The number of benzene rings is 3. The van der Waals surface area contributed by atoms with Gasteiger partial charge in [-0.05, 0) is 54.4 Å². The molecule has 4 rings (SSSR count). The summed E-state index contributed by atoms with van der Waals surface area (Å²) in [7, 11) is 0. The molecule has 0 atom stereocenters. The number of hydrazine groups is 1. The molecule has 1 amide bonds. The lowest BCUT2D eigenvalue weighted by Gasteiger charge is -2.09. The van der Waals surface area contributed by atoms with Gasteiger partial charge in [0.05, 0.1) is 6.42 Å². The number of amides is 1. The second-order valence-electron chi connectivity index (χ2n) is 6.58. The highest BCUT2D eigenvalue weighted by molar-refractivity contribution is 7.99. The van der Waals surface area contributed by atoms with Crippen molar-refractivity contribution in [3.63, 3.8) is 0 Å². The molecular weight excluding hydrogens is 386 g/mol. The molecule has 1 heterocycles. The molecule has 7 nitrogen and oxygen atoms in total. The van der Waals surface area contributed by atoms with Crippen LogP contribution >= 0.6 is 11.8 Å². The SMILES string of the molecule is Cc1cc(CC(=O)NN)cc(-n2nc3ccc(Sc4ccccc4)cc3n2)c1O. The van der Waals surface area contributed by atoms with Crippen molar-refractivity contribution < 1.29 is 9.90 Å². The van der Waals surface area contributed by atoms with Gasteiger partial charge in [0.25, 0.3) is 0 Å². The van der Waals surface area contributed by atoms with Gasteiger partial charge in [-0.2, -0.15) is 0 Å². The van der Waals surface area contributed by atoms with Crippen LogP contribution < -0.4 is 11.3 Å². The quantitative estimate of drug-likeness (QED) is 0.268. The highest BCUT2D eigenvalue weighted by atomic mass is 32.2. The van der Waals surface area contributed by atoms with Crippen LogP contribution in [0.1, 0.15) is 11.1 Å². The topological polar surface area (TPSA) is 106 Å². The number of aromatic nitrogens is 3. The third-order valence-electron chi connectivity index (χ3n) is 4.41. The number of rotatable bonds is 5. The summed E-state index contributed by atoms with van der Waals surface area (Å²) in [6.45, 7) is 1.76. The number of nitrogens with one attached hydrogen (secondary N) is 1. The number of nitrogens with two attached hydrogens (primary N) is 1. The van der Waals surface area contributed by atoms with Gasteiger partial charge in [-0.1, -0.05) is 36.0 Å². The van der Waals surface area contributed by atoms with Crippen LogP contribution in [-0.4, -0.2) is 26.0 Å². The number of aromatic hydroxyl groups is 1. The van der Waals surface area contributed by atoms with Crippen molar-refractivity contribution in [1.29, 1.82) is 0 Å². The predicted octanol–water partition coefficient (Wildman–Crippen LogP) is 3.12. The zero-order chi connectivity index (χ0) is 20.4. The van der Waals surface area contributed by atoms with Crippen LogP contribution in [0.3, 0.4) is 0 Å². The molecule has 0 fully saturated rings. The molecule has 0 aliphatic carbocycles. The third kappa shape index (κ3) is 4.08. The summed E-state index contributed by atoms with van der Waals surface area (Å²) in [5.74, 6) is 4.93. The van der Waals surface area contributed by atoms with Gasteiger partial charge in [0.2, 0.25) is 5.91 Å². The second-order valence-corrected chi connectivity index (χ2v) is 7.73. The zero-order valence-electron chi connectivity index (χ0n) is 15.7. The van der Waals surface area contributed by atoms with Crippen LogP contribution in [0.4, 0.5) is 0 Å². The molecule has 0 bridgehead atoms. The number of fused-ring (bicyclic) bond motifs is 1. The van der Waals surface area contributed by atoms with Crippen molar-refractivity contribution in [3.8, 4) is 11.4 Å². The van der Waals surface area contributed by atoms with Crippen LogP contribution in [0.25, 0.3) is 16.7 Å². The number of carbonyl (C=O) groups is 1. The zero-order valence-corrected chi connectivity index (χ0v) is 16.5. The van der Waals surface area contributed by atoms with E-state index >= 15 is 0 Å². The first kappa shape index (κ1) is 19.0. The highest BCUT2D eigenvalue weighted by Gasteiger charge is 2.14. The molecule has 8 heteroatoms. The van der Waals surface area contributed by atoms with Gasteiger partial charge in [-0.15, -0.1) is 15.0 Å². The normalized spacial score (nSPS) is 11.0. The Morgan fingerprint density at radius 1 is 1.07 bits per heavy atom. The van der Waals surface area contributed by atoms with E-state index in [1.807, 2.05) is 36.4 Å².